The van der Waals surface area contributed by atoms with Gasteiger partial charge in [0.15, 0.2) is 0 Å². The molecule has 0 aliphatic rings. The predicted molar refractivity (Wildman–Crippen MR) is 88.8 cm³/mol. The monoisotopic (exact) mass is 305 g/mol. The average molecular weight is 306 g/mol. The van der Waals surface area contributed by atoms with Gasteiger partial charge in [-0.1, -0.05) is 37.6 Å². The van der Waals surface area contributed by atoms with E-state index in [4.69, 9.17) is 11.6 Å². The minimum Gasteiger partial charge on any atom is -0.306 e. The van der Waals surface area contributed by atoms with Gasteiger partial charge in [-0.15, -0.1) is 0 Å². The Labute approximate surface area is 132 Å². The van der Waals surface area contributed by atoms with Gasteiger partial charge in [-0.2, -0.15) is 5.10 Å². The second-order valence-electron chi connectivity index (χ2n) is 5.43. The maximum Gasteiger partial charge on any atom is 0.0608 e. The van der Waals surface area contributed by atoms with Crippen LogP contribution in [0.2, 0.25) is 5.02 Å². The van der Waals surface area contributed by atoms with Crippen molar-refractivity contribution in [3.63, 3.8) is 0 Å². The highest BCUT2D eigenvalue weighted by molar-refractivity contribution is 6.31. The smallest absolute Gasteiger partial charge is 0.0608 e. The van der Waals surface area contributed by atoms with Crippen molar-refractivity contribution in [1.29, 1.82) is 0 Å². The SMILES string of the molecule is CCCNC(c1ccc(Cl)c(C)c1)c1cnn(CCC)c1. The van der Waals surface area contributed by atoms with E-state index in [1.54, 1.807) is 0 Å². The maximum absolute atomic E-state index is 6.14. The third-order valence-corrected chi connectivity index (χ3v) is 3.98. The van der Waals surface area contributed by atoms with Crippen LogP contribution in [-0.4, -0.2) is 16.3 Å². The number of hydrogen-bond donors (Lipinski definition) is 1. The van der Waals surface area contributed by atoms with Gasteiger partial charge in [0.25, 0.3) is 0 Å². The van der Waals surface area contributed by atoms with Crippen LogP contribution in [0.15, 0.2) is 30.6 Å². The molecule has 1 unspecified atom stereocenters. The largest absolute Gasteiger partial charge is 0.306 e. The first-order valence-corrected chi connectivity index (χ1v) is 8.05. The van der Waals surface area contributed by atoms with Crippen LogP contribution in [0.4, 0.5) is 0 Å². The molecule has 0 fully saturated rings. The normalized spacial score (nSPS) is 12.6. The third kappa shape index (κ3) is 4.08. The summed E-state index contributed by atoms with van der Waals surface area (Å²) in [4.78, 5) is 0. The van der Waals surface area contributed by atoms with Crippen molar-refractivity contribution in [2.75, 3.05) is 6.54 Å². The summed E-state index contributed by atoms with van der Waals surface area (Å²) in [6.07, 6.45) is 6.30. The molecule has 2 aromatic rings. The number of rotatable bonds is 7. The number of halogens is 1. The number of nitrogens with one attached hydrogen (secondary N) is 1. The average Bonchev–Trinajstić information content (AvgIpc) is 2.92. The van der Waals surface area contributed by atoms with Gasteiger partial charge in [0.05, 0.1) is 12.2 Å². The standard InChI is InChI=1S/C17H24ClN3/c1-4-8-19-17(14-6-7-16(18)13(3)10-14)15-11-20-21(12-15)9-5-2/h6-7,10-12,17,19H,4-5,8-9H2,1-3H3. The Bertz CT molecular complexity index is 577. The van der Waals surface area contributed by atoms with Gasteiger partial charge < -0.3 is 5.32 Å². The van der Waals surface area contributed by atoms with Crippen molar-refractivity contribution < 1.29 is 0 Å². The van der Waals surface area contributed by atoms with Gasteiger partial charge in [-0.3, -0.25) is 4.68 Å². The maximum atomic E-state index is 6.14. The summed E-state index contributed by atoms with van der Waals surface area (Å²) in [6.45, 7) is 8.32. The Kier molecular flexibility index (Phi) is 5.83. The summed E-state index contributed by atoms with van der Waals surface area (Å²) in [5.74, 6) is 0. The van der Waals surface area contributed by atoms with Crippen molar-refractivity contribution in [1.82, 2.24) is 15.1 Å². The molecule has 114 valence electrons. The molecule has 1 N–H and O–H groups in total. The molecule has 0 saturated carbocycles. The zero-order valence-corrected chi connectivity index (χ0v) is 13.8. The Morgan fingerprint density at radius 2 is 2.05 bits per heavy atom. The van der Waals surface area contributed by atoms with Crippen molar-refractivity contribution in [3.05, 3.63) is 52.3 Å². The molecule has 1 heterocycles. The Morgan fingerprint density at radius 3 is 2.71 bits per heavy atom. The minimum atomic E-state index is 0.173. The van der Waals surface area contributed by atoms with Gasteiger partial charge in [-0.05, 0) is 43.5 Å². The van der Waals surface area contributed by atoms with Crippen LogP contribution in [0, 0.1) is 6.92 Å². The van der Waals surface area contributed by atoms with Crippen LogP contribution < -0.4 is 5.32 Å². The highest BCUT2D eigenvalue weighted by Crippen LogP contribution is 2.25. The lowest BCUT2D eigenvalue weighted by molar-refractivity contribution is 0.588. The molecule has 0 aliphatic heterocycles. The van der Waals surface area contributed by atoms with E-state index in [2.05, 4.69) is 42.6 Å². The fourth-order valence-electron chi connectivity index (χ4n) is 2.44. The number of nitrogens with zero attached hydrogens (tertiary/aromatic N) is 2. The molecule has 0 bridgehead atoms. The number of aryl methyl sites for hydroxylation is 2. The quantitative estimate of drug-likeness (QED) is 0.824. The molecule has 21 heavy (non-hydrogen) atoms. The van der Waals surface area contributed by atoms with Crippen LogP contribution in [0.3, 0.4) is 0 Å². The van der Waals surface area contributed by atoms with Crippen molar-refractivity contribution in [2.24, 2.45) is 0 Å². The van der Waals surface area contributed by atoms with Crippen molar-refractivity contribution >= 4 is 11.6 Å². The Hall–Kier alpha value is -1.32. The highest BCUT2D eigenvalue weighted by atomic mass is 35.5. The molecular formula is C17H24ClN3. The summed E-state index contributed by atoms with van der Waals surface area (Å²) in [5, 5.41) is 8.87. The second kappa shape index (κ2) is 7.62. The van der Waals surface area contributed by atoms with Crippen LogP contribution >= 0.6 is 11.6 Å². The van der Waals surface area contributed by atoms with Gasteiger partial charge >= 0.3 is 0 Å². The number of hydrogen-bond acceptors (Lipinski definition) is 2. The summed E-state index contributed by atoms with van der Waals surface area (Å²) >= 11 is 6.14. The molecule has 0 saturated heterocycles. The van der Waals surface area contributed by atoms with E-state index in [0.717, 1.165) is 36.5 Å². The molecule has 0 amide bonds. The number of aromatic nitrogens is 2. The van der Waals surface area contributed by atoms with E-state index >= 15 is 0 Å². The second-order valence-corrected chi connectivity index (χ2v) is 5.84. The van der Waals surface area contributed by atoms with E-state index in [1.165, 1.54) is 11.1 Å². The first-order valence-electron chi connectivity index (χ1n) is 7.67. The topological polar surface area (TPSA) is 29.9 Å². The summed E-state index contributed by atoms with van der Waals surface area (Å²) in [7, 11) is 0. The molecule has 0 radical (unpaired) electrons. The summed E-state index contributed by atoms with van der Waals surface area (Å²) in [6, 6.07) is 6.40. The number of benzene rings is 1. The molecule has 0 spiro atoms. The summed E-state index contributed by atoms with van der Waals surface area (Å²) < 4.78 is 2.01. The van der Waals surface area contributed by atoms with Gasteiger partial charge in [0.1, 0.15) is 0 Å². The summed E-state index contributed by atoms with van der Waals surface area (Å²) in [5.41, 5.74) is 3.55. The van der Waals surface area contributed by atoms with Crippen LogP contribution in [0.25, 0.3) is 0 Å². The van der Waals surface area contributed by atoms with E-state index < -0.39 is 0 Å². The Morgan fingerprint density at radius 1 is 1.24 bits per heavy atom. The molecule has 3 nitrogen and oxygen atoms in total. The zero-order chi connectivity index (χ0) is 15.2. The van der Waals surface area contributed by atoms with Gasteiger partial charge in [-0.25, -0.2) is 0 Å². The molecule has 2 rings (SSSR count). The van der Waals surface area contributed by atoms with E-state index in [9.17, 15) is 0 Å². The van der Waals surface area contributed by atoms with E-state index in [1.807, 2.05) is 23.9 Å². The molecule has 1 atom stereocenters. The first-order chi connectivity index (χ1) is 10.2. The van der Waals surface area contributed by atoms with Crippen molar-refractivity contribution in [2.45, 2.75) is 46.2 Å². The fourth-order valence-corrected chi connectivity index (χ4v) is 2.56. The van der Waals surface area contributed by atoms with Gasteiger partial charge in [0.2, 0.25) is 0 Å². The Balaban J connectivity index is 2.29. The highest BCUT2D eigenvalue weighted by Gasteiger charge is 2.16. The molecule has 1 aromatic heterocycles. The lowest BCUT2D eigenvalue weighted by Gasteiger charge is -2.18. The molecular weight excluding hydrogens is 282 g/mol. The first kappa shape index (κ1) is 16.1. The van der Waals surface area contributed by atoms with E-state index in [-0.39, 0.29) is 6.04 Å². The lowest BCUT2D eigenvalue weighted by atomic mass is 9.99. The lowest BCUT2D eigenvalue weighted by Crippen LogP contribution is -2.23. The zero-order valence-electron chi connectivity index (χ0n) is 13.1. The minimum absolute atomic E-state index is 0.173. The molecule has 0 aliphatic carbocycles. The van der Waals surface area contributed by atoms with Crippen LogP contribution in [0.5, 0.6) is 0 Å². The van der Waals surface area contributed by atoms with Gasteiger partial charge in [0, 0.05) is 23.3 Å². The van der Waals surface area contributed by atoms with Crippen molar-refractivity contribution in [3.8, 4) is 0 Å². The third-order valence-electron chi connectivity index (χ3n) is 3.55. The fraction of sp³-hybridized carbons (Fsp3) is 0.471. The molecule has 1 aromatic carbocycles. The predicted octanol–water partition coefficient (Wildman–Crippen LogP) is 4.34. The van der Waals surface area contributed by atoms with E-state index in [0.29, 0.717) is 0 Å². The van der Waals surface area contributed by atoms with Crippen LogP contribution in [-0.2, 0) is 6.54 Å². The molecule has 4 heteroatoms. The van der Waals surface area contributed by atoms with Crippen LogP contribution in [0.1, 0.15) is 49.4 Å².